The highest BCUT2D eigenvalue weighted by Gasteiger charge is 2.27. The second-order valence-electron chi connectivity index (χ2n) is 5.28. The average molecular weight is 256 g/mol. The Bertz CT molecular complexity index is 146. The zero-order valence-electron chi connectivity index (χ0n) is 13.7. The van der Waals surface area contributed by atoms with Crippen molar-refractivity contribution in [2.75, 3.05) is 40.3 Å². The predicted octanol–water partition coefficient (Wildman–Crippen LogP) is 3.72. The second kappa shape index (κ2) is 10.8. The monoisotopic (exact) mass is 256 g/mol. The van der Waals surface area contributed by atoms with Crippen LogP contribution in [-0.2, 0) is 0 Å². The van der Waals surface area contributed by atoms with Crippen molar-refractivity contribution >= 4 is 0 Å². The summed E-state index contributed by atoms with van der Waals surface area (Å²) in [6.07, 6.45) is 5.80. The van der Waals surface area contributed by atoms with Crippen molar-refractivity contribution in [1.29, 1.82) is 0 Å². The zero-order chi connectivity index (χ0) is 14.0. The molecule has 0 N–H and O–H groups in total. The van der Waals surface area contributed by atoms with Gasteiger partial charge in [0.05, 0.1) is 0 Å². The molecule has 18 heavy (non-hydrogen) atoms. The molecule has 2 aliphatic heterocycles. The van der Waals surface area contributed by atoms with Gasteiger partial charge in [0.2, 0.25) is 0 Å². The first-order chi connectivity index (χ1) is 8.75. The summed E-state index contributed by atoms with van der Waals surface area (Å²) in [7, 11) is 4.51. The van der Waals surface area contributed by atoms with Crippen molar-refractivity contribution in [3.05, 3.63) is 0 Å². The summed E-state index contributed by atoms with van der Waals surface area (Å²) in [5, 5.41) is 0. The van der Waals surface area contributed by atoms with Crippen molar-refractivity contribution in [1.82, 2.24) is 9.80 Å². The molecule has 0 amide bonds. The number of nitrogens with zero attached hydrogens (tertiary/aromatic N) is 2. The maximum atomic E-state index is 2.48. The quantitative estimate of drug-likeness (QED) is 0.705. The van der Waals surface area contributed by atoms with E-state index >= 15 is 0 Å². The van der Waals surface area contributed by atoms with Crippen molar-refractivity contribution in [3.63, 3.8) is 0 Å². The van der Waals surface area contributed by atoms with E-state index in [1.807, 2.05) is 27.7 Å². The normalized spacial score (nSPS) is 23.7. The zero-order valence-corrected chi connectivity index (χ0v) is 13.7. The van der Waals surface area contributed by atoms with Gasteiger partial charge in [-0.3, -0.25) is 0 Å². The van der Waals surface area contributed by atoms with E-state index in [1.54, 1.807) is 0 Å². The Morgan fingerprint density at radius 2 is 0.778 bits per heavy atom. The minimum atomic E-state index is 1.04. The van der Waals surface area contributed by atoms with Crippen LogP contribution in [0.3, 0.4) is 0 Å². The standard InChI is InChI=1S/C12H24N2.2C2H6/c1-13-7-3-11(4-8-13)12-5-9-14(2)10-6-12;2*1-2/h11-12H,3-10H2,1-2H3;2*1-2H3. The van der Waals surface area contributed by atoms with Gasteiger partial charge < -0.3 is 9.80 Å². The summed E-state index contributed by atoms with van der Waals surface area (Å²) in [6.45, 7) is 13.3. The van der Waals surface area contributed by atoms with Gasteiger partial charge in [0.15, 0.2) is 0 Å². The van der Waals surface area contributed by atoms with Gasteiger partial charge in [0, 0.05) is 0 Å². The van der Waals surface area contributed by atoms with Crippen LogP contribution in [0.25, 0.3) is 0 Å². The molecule has 0 aromatic heterocycles. The third kappa shape index (κ3) is 6.19. The van der Waals surface area contributed by atoms with Crippen molar-refractivity contribution in [3.8, 4) is 0 Å². The van der Waals surface area contributed by atoms with E-state index in [-0.39, 0.29) is 0 Å². The molecule has 2 rings (SSSR count). The molecule has 2 heteroatoms. The molecule has 0 aliphatic carbocycles. The van der Waals surface area contributed by atoms with E-state index < -0.39 is 0 Å². The Morgan fingerprint density at radius 3 is 1.00 bits per heavy atom. The van der Waals surface area contributed by atoms with Crippen LogP contribution in [0.1, 0.15) is 53.4 Å². The van der Waals surface area contributed by atoms with Gasteiger partial charge in [-0.15, -0.1) is 0 Å². The fourth-order valence-corrected chi connectivity index (χ4v) is 3.00. The van der Waals surface area contributed by atoms with Crippen molar-refractivity contribution < 1.29 is 0 Å². The van der Waals surface area contributed by atoms with E-state index in [4.69, 9.17) is 0 Å². The lowest BCUT2D eigenvalue weighted by Gasteiger charge is -2.38. The SMILES string of the molecule is CC.CC.CN1CCC(C2CCN(C)CC2)CC1. The van der Waals surface area contributed by atoms with Crippen molar-refractivity contribution in [2.45, 2.75) is 53.4 Å². The van der Waals surface area contributed by atoms with Crippen LogP contribution >= 0.6 is 0 Å². The molecular formula is C16H36N2. The highest BCUT2D eigenvalue weighted by atomic mass is 15.1. The summed E-state index contributed by atoms with van der Waals surface area (Å²) in [5.74, 6) is 2.08. The fraction of sp³-hybridized carbons (Fsp3) is 1.00. The summed E-state index contributed by atoms with van der Waals surface area (Å²) in [4.78, 5) is 4.96. The van der Waals surface area contributed by atoms with Gasteiger partial charge in [-0.05, 0) is 77.8 Å². The Hall–Kier alpha value is -0.0800. The highest BCUT2D eigenvalue weighted by Crippen LogP contribution is 2.31. The molecule has 0 saturated carbocycles. The molecule has 0 atom stereocenters. The first kappa shape index (κ1) is 17.9. The molecular weight excluding hydrogens is 220 g/mol. The van der Waals surface area contributed by atoms with Crippen LogP contribution < -0.4 is 0 Å². The molecule has 0 aromatic rings. The maximum Gasteiger partial charge on any atom is -0.00190 e. The largest absolute Gasteiger partial charge is 0.306 e. The van der Waals surface area contributed by atoms with E-state index in [1.165, 1.54) is 51.9 Å². The fourth-order valence-electron chi connectivity index (χ4n) is 3.00. The minimum Gasteiger partial charge on any atom is -0.306 e. The Morgan fingerprint density at radius 1 is 0.556 bits per heavy atom. The lowest BCUT2D eigenvalue weighted by atomic mass is 9.79. The lowest BCUT2D eigenvalue weighted by molar-refractivity contribution is 0.117. The number of rotatable bonds is 1. The van der Waals surface area contributed by atoms with E-state index in [0.29, 0.717) is 0 Å². The van der Waals surface area contributed by atoms with Crippen LogP contribution in [0.4, 0.5) is 0 Å². The van der Waals surface area contributed by atoms with Gasteiger partial charge in [-0.2, -0.15) is 0 Å². The van der Waals surface area contributed by atoms with Crippen LogP contribution in [0.2, 0.25) is 0 Å². The molecule has 0 unspecified atom stereocenters. The second-order valence-corrected chi connectivity index (χ2v) is 5.28. The average Bonchev–Trinajstić information content (AvgIpc) is 2.45. The molecule has 2 nitrogen and oxygen atoms in total. The number of likely N-dealkylation sites (tertiary alicyclic amines) is 2. The van der Waals surface area contributed by atoms with E-state index in [0.717, 1.165) is 11.8 Å². The summed E-state index contributed by atoms with van der Waals surface area (Å²) >= 11 is 0. The maximum absolute atomic E-state index is 2.48. The highest BCUT2D eigenvalue weighted by molar-refractivity contribution is 4.80. The Kier molecular flexibility index (Phi) is 10.8. The number of hydrogen-bond donors (Lipinski definition) is 0. The molecule has 2 saturated heterocycles. The third-order valence-electron chi connectivity index (χ3n) is 4.19. The van der Waals surface area contributed by atoms with Gasteiger partial charge in [0.1, 0.15) is 0 Å². The molecule has 2 aliphatic rings. The number of hydrogen-bond acceptors (Lipinski definition) is 2. The lowest BCUT2D eigenvalue weighted by Crippen LogP contribution is -2.38. The topological polar surface area (TPSA) is 6.48 Å². The molecule has 0 bridgehead atoms. The first-order valence-electron chi connectivity index (χ1n) is 8.13. The van der Waals surface area contributed by atoms with Crippen LogP contribution in [0.5, 0.6) is 0 Å². The van der Waals surface area contributed by atoms with Gasteiger partial charge in [0.25, 0.3) is 0 Å². The summed E-state index contributed by atoms with van der Waals surface area (Å²) in [6, 6.07) is 0. The van der Waals surface area contributed by atoms with Gasteiger partial charge >= 0.3 is 0 Å². The van der Waals surface area contributed by atoms with E-state index in [2.05, 4.69) is 23.9 Å². The third-order valence-corrected chi connectivity index (χ3v) is 4.19. The first-order valence-corrected chi connectivity index (χ1v) is 8.13. The molecule has 0 spiro atoms. The Balaban J connectivity index is 0.000000659. The van der Waals surface area contributed by atoms with E-state index in [9.17, 15) is 0 Å². The molecule has 2 heterocycles. The van der Waals surface area contributed by atoms with Crippen molar-refractivity contribution in [2.24, 2.45) is 11.8 Å². The summed E-state index contributed by atoms with van der Waals surface area (Å²) in [5.41, 5.74) is 0. The molecule has 110 valence electrons. The van der Waals surface area contributed by atoms with Gasteiger partial charge in [-0.25, -0.2) is 0 Å². The molecule has 0 radical (unpaired) electrons. The van der Waals surface area contributed by atoms with Crippen LogP contribution in [-0.4, -0.2) is 50.1 Å². The smallest absolute Gasteiger partial charge is 0.00190 e. The molecule has 2 fully saturated rings. The van der Waals surface area contributed by atoms with Gasteiger partial charge in [-0.1, -0.05) is 27.7 Å². The summed E-state index contributed by atoms with van der Waals surface area (Å²) < 4.78 is 0. The number of piperidine rings is 2. The van der Waals surface area contributed by atoms with Crippen LogP contribution in [0.15, 0.2) is 0 Å². The van der Waals surface area contributed by atoms with Crippen LogP contribution in [0, 0.1) is 11.8 Å². The molecule has 0 aromatic carbocycles. The minimum absolute atomic E-state index is 1.04. The predicted molar refractivity (Wildman–Crippen MR) is 83.1 cm³/mol. The Labute approximate surface area is 116 Å².